The first-order valence-corrected chi connectivity index (χ1v) is 10.1. The number of hydrogen-bond acceptors (Lipinski definition) is 7. The molecule has 0 N–H and O–H groups in total. The van der Waals surface area contributed by atoms with Gasteiger partial charge in [-0.05, 0) is 62.4 Å². The molecule has 0 saturated carbocycles. The van der Waals surface area contributed by atoms with Crippen molar-refractivity contribution in [3.63, 3.8) is 0 Å². The monoisotopic (exact) mass is 443 g/mol. The Balaban J connectivity index is 2.16. The Labute approximate surface area is 184 Å². The minimum absolute atomic E-state index is 0.105. The fourth-order valence-corrected chi connectivity index (χ4v) is 3.09. The van der Waals surface area contributed by atoms with E-state index in [-0.39, 0.29) is 30.6 Å². The van der Waals surface area contributed by atoms with Gasteiger partial charge in [0.25, 0.3) is 0 Å². The molecule has 0 radical (unpaired) electrons. The molecule has 0 aliphatic rings. The molecule has 31 heavy (non-hydrogen) atoms. The van der Waals surface area contributed by atoms with Crippen LogP contribution in [0.15, 0.2) is 52.9 Å². The number of carbonyl (C=O) groups excluding carboxylic acids is 2. The van der Waals surface area contributed by atoms with Crippen molar-refractivity contribution in [2.24, 2.45) is 0 Å². The Morgan fingerprint density at radius 3 is 2.00 bits per heavy atom. The standard InChI is InChI=1S/C23H22ClNO6/c1-4-29-22(26)18(23(27)30-5-2)19-20(14-6-10-16(24)11-7-14)31-21(25-19)15-8-12-17(28-3)13-9-15/h6-13,18H,4-5H2,1-3H3. The first kappa shape index (κ1) is 22.4. The molecule has 0 aliphatic carbocycles. The molecule has 0 fully saturated rings. The lowest BCUT2D eigenvalue weighted by Gasteiger charge is -2.13. The molecule has 0 unspecified atom stereocenters. The zero-order chi connectivity index (χ0) is 22.4. The van der Waals surface area contributed by atoms with Gasteiger partial charge >= 0.3 is 11.9 Å². The van der Waals surface area contributed by atoms with Crippen molar-refractivity contribution in [1.29, 1.82) is 0 Å². The number of halogens is 1. The number of esters is 2. The Kier molecular flexibility index (Phi) is 7.31. The third-order valence-electron chi connectivity index (χ3n) is 4.41. The minimum atomic E-state index is -1.39. The van der Waals surface area contributed by atoms with Crippen molar-refractivity contribution >= 4 is 23.5 Å². The summed E-state index contributed by atoms with van der Waals surface area (Å²) in [6.07, 6.45) is 0. The molecule has 0 aliphatic heterocycles. The molecular weight excluding hydrogens is 422 g/mol. The van der Waals surface area contributed by atoms with Gasteiger partial charge in [-0.25, -0.2) is 4.98 Å². The van der Waals surface area contributed by atoms with Crippen molar-refractivity contribution < 1.29 is 28.2 Å². The van der Waals surface area contributed by atoms with Crippen molar-refractivity contribution in [3.05, 3.63) is 59.2 Å². The summed E-state index contributed by atoms with van der Waals surface area (Å²) < 4.78 is 21.5. The highest BCUT2D eigenvalue weighted by Crippen LogP contribution is 2.36. The van der Waals surface area contributed by atoms with Crippen molar-refractivity contribution in [1.82, 2.24) is 4.98 Å². The molecule has 1 aromatic heterocycles. The molecule has 2 aromatic carbocycles. The number of methoxy groups -OCH3 is 1. The number of aromatic nitrogens is 1. The predicted molar refractivity (Wildman–Crippen MR) is 115 cm³/mol. The van der Waals surface area contributed by atoms with Gasteiger partial charge in [0.1, 0.15) is 11.4 Å². The molecule has 0 atom stereocenters. The number of hydrogen-bond donors (Lipinski definition) is 0. The lowest BCUT2D eigenvalue weighted by atomic mass is 10.0. The van der Waals surface area contributed by atoms with Crippen LogP contribution >= 0.6 is 11.6 Å². The maximum absolute atomic E-state index is 12.7. The van der Waals surface area contributed by atoms with Crippen LogP contribution in [0.1, 0.15) is 25.5 Å². The number of oxazole rings is 1. The highest BCUT2D eigenvalue weighted by atomic mass is 35.5. The van der Waals surface area contributed by atoms with E-state index in [9.17, 15) is 9.59 Å². The van der Waals surface area contributed by atoms with Crippen LogP contribution in [0, 0.1) is 0 Å². The van der Waals surface area contributed by atoms with Crippen LogP contribution in [0.5, 0.6) is 5.75 Å². The molecular formula is C23H22ClNO6. The Bertz CT molecular complexity index is 1020. The third-order valence-corrected chi connectivity index (χ3v) is 4.67. The second-order valence-electron chi connectivity index (χ2n) is 6.41. The zero-order valence-corrected chi connectivity index (χ0v) is 18.1. The van der Waals surface area contributed by atoms with E-state index in [1.165, 1.54) is 0 Å². The maximum Gasteiger partial charge on any atom is 0.326 e. The highest BCUT2D eigenvalue weighted by molar-refractivity contribution is 6.30. The lowest BCUT2D eigenvalue weighted by Crippen LogP contribution is -2.27. The topological polar surface area (TPSA) is 87.9 Å². The van der Waals surface area contributed by atoms with E-state index >= 15 is 0 Å². The van der Waals surface area contributed by atoms with E-state index in [0.29, 0.717) is 21.9 Å². The van der Waals surface area contributed by atoms with Crippen LogP contribution in [-0.4, -0.2) is 37.2 Å². The van der Waals surface area contributed by atoms with E-state index in [1.54, 1.807) is 69.5 Å². The van der Waals surface area contributed by atoms with Gasteiger partial charge in [-0.1, -0.05) is 11.6 Å². The Hall–Kier alpha value is -3.32. The minimum Gasteiger partial charge on any atom is -0.497 e. The summed E-state index contributed by atoms with van der Waals surface area (Å²) in [6.45, 7) is 3.53. The zero-order valence-electron chi connectivity index (χ0n) is 17.4. The molecule has 3 aromatic rings. The predicted octanol–water partition coefficient (Wildman–Crippen LogP) is 4.88. The Morgan fingerprint density at radius 2 is 1.48 bits per heavy atom. The third kappa shape index (κ3) is 5.06. The van der Waals surface area contributed by atoms with Crippen LogP contribution in [0.2, 0.25) is 5.02 Å². The van der Waals surface area contributed by atoms with Gasteiger partial charge in [-0.3, -0.25) is 9.59 Å². The second kappa shape index (κ2) is 10.1. The Morgan fingerprint density at radius 1 is 0.935 bits per heavy atom. The highest BCUT2D eigenvalue weighted by Gasteiger charge is 2.37. The number of carbonyl (C=O) groups is 2. The van der Waals surface area contributed by atoms with Gasteiger partial charge in [-0.2, -0.15) is 0 Å². The van der Waals surface area contributed by atoms with Crippen LogP contribution in [0.4, 0.5) is 0 Å². The molecule has 0 amide bonds. The largest absolute Gasteiger partial charge is 0.497 e. The molecule has 0 spiro atoms. The summed E-state index contributed by atoms with van der Waals surface area (Å²) in [7, 11) is 1.57. The number of ether oxygens (including phenoxy) is 3. The van der Waals surface area contributed by atoms with Crippen molar-refractivity contribution in [2.75, 3.05) is 20.3 Å². The summed E-state index contributed by atoms with van der Waals surface area (Å²) in [5.41, 5.74) is 1.36. The van der Waals surface area contributed by atoms with E-state index < -0.39 is 17.9 Å². The number of rotatable bonds is 8. The fraction of sp³-hybridized carbons (Fsp3) is 0.261. The van der Waals surface area contributed by atoms with Gasteiger partial charge in [0.15, 0.2) is 11.7 Å². The summed E-state index contributed by atoms with van der Waals surface area (Å²) in [6, 6.07) is 13.9. The number of benzene rings is 2. The first-order valence-electron chi connectivity index (χ1n) is 9.72. The number of nitrogens with zero attached hydrogens (tertiary/aromatic N) is 1. The van der Waals surface area contributed by atoms with Crippen molar-refractivity contribution in [2.45, 2.75) is 19.8 Å². The molecule has 1 heterocycles. The molecule has 8 heteroatoms. The van der Waals surface area contributed by atoms with Crippen LogP contribution in [0.3, 0.4) is 0 Å². The fourth-order valence-electron chi connectivity index (χ4n) is 2.96. The molecule has 3 rings (SSSR count). The lowest BCUT2D eigenvalue weighted by molar-refractivity contribution is -0.157. The average Bonchev–Trinajstić information content (AvgIpc) is 3.19. The molecule has 0 saturated heterocycles. The van der Waals surface area contributed by atoms with Gasteiger partial charge in [-0.15, -0.1) is 0 Å². The summed E-state index contributed by atoms with van der Waals surface area (Å²) >= 11 is 6.01. The van der Waals surface area contributed by atoms with E-state index in [0.717, 1.165) is 0 Å². The second-order valence-corrected chi connectivity index (χ2v) is 6.84. The van der Waals surface area contributed by atoms with E-state index in [4.69, 9.17) is 30.2 Å². The summed E-state index contributed by atoms with van der Waals surface area (Å²) in [5, 5.41) is 0.535. The van der Waals surface area contributed by atoms with Gasteiger partial charge < -0.3 is 18.6 Å². The van der Waals surface area contributed by atoms with Crippen LogP contribution < -0.4 is 4.74 Å². The first-order chi connectivity index (χ1) is 15.0. The van der Waals surface area contributed by atoms with Gasteiger partial charge in [0.05, 0.1) is 20.3 Å². The molecule has 0 bridgehead atoms. The average molecular weight is 444 g/mol. The summed E-state index contributed by atoms with van der Waals surface area (Å²) in [5.74, 6) is -1.74. The molecule has 162 valence electrons. The van der Waals surface area contributed by atoms with Crippen LogP contribution in [0.25, 0.3) is 22.8 Å². The van der Waals surface area contributed by atoms with Gasteiger partial charge in [0.2, 0.25) is 5.89 Å². The quantitative estimate of drug-likeness (QED) is 0.362. The SMILES string of the molecule is CCOC(=O)C(C(=O)OCC)c1nc(-c2ccc(OC)cc2)oc1-c1ccc(Cl)cc1. The van der Waals surface area contributed by atoms with Gasteiger partial charge in [0, 0.05) is 16.1 Å². The van der Waals surface area contributed by atoms with Crippen molar-refractivity contribution in [3.8, 4) is 28.5 Å². The van der Waals surface area contributed by atoms with E-state index in [1.807, 2.05) is 0 Å². The summed E-state index contributed by atoms with van der Waals surface area (Å²) in [4.78, 5) is 29.9. The molecule has 7 nitrogen and oxygen atoms in total. The smallest absolute Gasteiger partial charge is 0.326 e. The maximum atomic E-state index is 12.7. The van der Waals surface area contributed by atoms with E-state index in [2.05, 4.69) is 4.98 Å². The normalized spacial score (nSPS) is 10.7. The van der Waals surface area contributed by atoms with Crippen LogP contribution in [-0.2, 0) is 19.1 Å².